The quantitative estimate of drug-likeness (QED) is 0.656. The lowest BCUT2D eigenvalue weighted by Gasteiger charge is -2.17. The molecule has 3 rings (SSSR count). The Balaban J connectivity index is 1.92. The van der Waals surface area contributed by atoms with Gasteiger partial charge in [0.2, 0.25) is 0 Å². The van der Waals surface area contributed by atoms with Crippen molar-refractivity contribution in [3.8, 4) is 11.5 Å². The van der Waals surface area contributed by atoms with Crippen LogP contribution in [0.3, 0.4) is 0 Å². The zero-order valence-corrected chi connectivity index (χ0v) is 12.7. The lowest BCUT2D eigenvalue weighted by molar-refractivity contribution is 0.476. The molecule has 0 N–H and O–H groups in total. The molecule has 0 saturated carbocycles. The van der Waals surface area contributed by atoms with Crippen molar-refractivity contribution in [1.82, 2.24) is 0 Å². The van der Waals surface area contributed by atoms with Gasteiger partial charge in [-0.1, -0.05) is 29.8 Å². The van der Waals surface area contributed by atoms with Gasteiger partial charge < -0.3 is 4.74 Å². The highest BCUT2D eigenvalue weighted by Gasteiger charge is 2.12. The first-order valence-corrected chi connectivity index (χ1v) is 7.82. The fourth-order valence-corrected chi connectivity index (χ4v) is 3.11. The van der Waals surface area contributed by atoms with Crippen LogP contribution >= 0.6 is 23.2 Å². The Hall–Kier alpha value is -1.18. The highest BCUT2D eigenvalue weighted by molar-refractivity contribution is 6.32. The fraction of sp³-hybridized carbons (Fsp3) is 0.294. The fourth-order valence-electron chi connectivity index (χ4n) is 2.66. The maximum atomic E-state index is 6.22. The smallest absolute Gasteiger partial charge is 0.150 e. The first-order chi connectivity index (χ1) is 9.78. The lowest BCUT2D eigenvalue weighted by Crippen LogP contribution is -2.02. The summed E-state index contributed by atoms with van der Waals surface area (Å²) < 4.78 is 5.98. The van der Waals surface area contributed by atoms with Gasteiger partial charge in [0.05, 0.1) is 10.9 Å². The van der Waals surface area contributed by atoms with Crippen molar-refractivity contribution in [3.05, 3.63) is 58.1 Å². The predicted octanol–water partition coefficient (Wildman–Crippen LogP) is 5.75. The van der Waals surface area contributed by atoms with Crippen LogP contribution in [0.2, 0.25) is 5.02 Å². The number of aryl methyl sites for hydroxylation is 2. The standard InChI is InChI=1S/C17H16Cl2O/c18-11-14-6-3-7-16(19)17(14)20-15-9-8-12-4-1-2-5-13(12)10-15/h3,6-10H,1-2,4-5,11H2. The van der Waals surface area contributed by atoms with Crippen molar-refractivity contribution in [2.75, 3.05) is 0 Å². The number of para-hydroxylation sites is 1. The molecular formula is C17H16Cl2O. The maximum absolute atomic E-state index is 6.22. The number of fused-ring (bicyclic) bond motifs is 1. The third-order valence-corrected chi connectivity index (χ3v) is 4.32. The molecule has 0 amide bonds. The second-order valence-corrected chi connectivity index (χ2v) is 5.78. The van der Waals surface area contributed by atoms with Crippen LogP contribution in [0.25, 0.3) is 0 Å². The molecule has 0 aromatic heterocycles. The minimum Gasteiger partial charge on any atom is -0.455 e. The van der Waals surface area contributed by atoms with E-state index in [-0.39, 0.29) is 0 Å². The number of benzene rings is 2. The Labute approximate surface area is 129 Å². The van der Waals surface area contributed by atoms with Crippen molar-refractivity contribution in [2.45, 2.75) is 31.6 Å². The van der Waals surface area contributed by atoms with Crippen LogP contribution in [0.1, 0.15) is 29.5 Å². The number of alkyl halides is 1. The van der Waals surface area contributed by atoms with E-state index in [0.29, 0.717) is 16.7 Å². The SMILES string of the molecule is ClCc1cccc(Cl)c1Oc1ccc2c(c1)CCCC2. The number of halogens is 2. The van der Waals surface area contributed by atoms with Gasteiger partial charge in [-0.15, -0.1) is 11.6 Å². The molecule has 20 heavy (non-hydrogen) atoms. The molecule has 0 unspecified atom stereocenters. The van der Waals surface area contributed by atoms with Gasteiger partial charge in [-0.2, -0.15) is 0 Å². The van der Waals surface area contributed by atoms with Gasteiger partial charge in [-0.3, -0.25) is 0 Å². The molecule has 104 valence electrons. The number of hydrogen-bond donors (Lipinski definition) is 0. The molecule has 0 bridgehead atoms. The first-order valence-electron chi connectivity index (χ1n) is 6.91. The van der Waals surface area contributed by atoms with E-state index in [1.54, 1.807) is 0 Å². The summed E-state index contributed by atoms with van der Waals surface area (Å²) in [7, 11) is 0. The van der Waals surface area contributed by atoms with Gasteiger partial charge >= 0.3 is 0 Å². The van der Waals surface area contributed by atoms with Gasteiger partial charge in [-0.05, 0) is 55.0 Å². The van der Waals surface area contributed by atoms with Gasteiger partial charge in [0, 0.05) is 5.56 Å². The van der Waals surface area contributed by atoms with Crippen molar-refractivity contribution in [2.24, 2.45) is 0 Å². The molecule has 1 aliphatic carbocycles. The molecule has 0 heterocycles. The average Bonchev–Trinajstić information content (AvgIpc) is 2.49. The summed E-state index contributed by atoms with van der Waals surface area (Å²) in [6, 6.07) is 12.0. The minimum atomic E-state index is 0.390. The molecular weight excluding hydrogens is 291 g/mol. The van der Waals surface area contributed by atoms with Crippen LogP contribution in [0.5, 0.6) is 11.5 Å². The van der Waals surface area contributed by atoms with E-state index in [1.165, 1.54) is 30.4 Å². The summed E-state index contributed by atoms with van der Waals surface area (Å²) in [4.78, 5) is 0. The molecule has 2 aromatic carbocycles. The van der Waals surface area contributed by atoms with E-state index in [1.807, 2.05) is 24.3 Å². The molecule has 0 spiro atoms. The highest BCUT2D eigenvalue weighted by Crippen LogP contribution is 2.35. The van der Waals surface area contributed by atoms with Crippen LogP contribution in [0, 0.1) is 0 Å². The maximum Gasteiger partial charge on any atom is 0.150 e. The van der Waals surface area contributed by atoms with Crippen molar-refractivity contribution < 1.29 is 4.74 Å². The van der Waals surface area contributed by atoms with Gasteiger partial charge in [-0.25, -0.2) is 0 Å². The van der Waals surface area contributed by atoms with E-state index in [0.717, 1.165) is 17.7 Å². The van der Waals surface area contributed by atoms with Gasteiger partial charge in [0.15, 0.2) is 0 Å². The summed E-state index contributed by atoms with van der Waals surface area (Å²) in [6.07, 6.45) is 4.86. The summed E-state index contributed by atoms with van der Waals surface area (Å²) in [5, 5.41) is 0.598. The molecule has 1 aliphatic rings. The predicted molar refractivity (Wildman–Crippen MR) is 84.2 cm³/mol. The molecule has 2 aromatic rings. The first kappa shape index (κ1) is 13.8. The van der Waals surface area contributed by atoms with Crippen LogP contribution in [0.4, 0.5) is 0 Å². The van der Waals surface area contributed by atoms with Crippen LogP contribution in [-0.4, -0.2) is 0 Å². The molecule has 0 saturated heterocycles. The van der Waals surface area contributed by atoms with E-state index in [2.05, 4.69) is 12.1 Å². The molecule has 0 fully saturated rings. The van der Waals surface area contributed by atoms with Crippen molar-refractivity contribution >= 4 is 23.2 Å². The Morgan fingerprint density at radius 3 is 2.60 bits per heavy atom. The molecule has 3 heteroatoms. The molecule has 0 atom stereocenters. The summed E-state index contributed by atoms with van der Waals surface area (Å²) in [6.45, 7) is 0. The normalized spacial score (nSPS) is 13.9. The molecule has 0 aliphatic heterocycles. The van der Waals surface area contributed by atoms with Crippen molar-refractivity contribution in [1.29, 1.82) is 0 Å². The Kier molecular flexibility index (Phi) is 4.18. The van der Waals surface area contributed by atoms with Crippen LogP contribution < -0.4 is 4.74 Å². The number of rotatable bonds is 3. The van der Waals surface area contributed by atoms with Gasteiger partial charge in [0.25, 0.3) is 0 Å². The highest BCUT2D eigenvalue weighted by atomic mass is 35.5. The zero-order valence-electron chi connectivity index (χ0n) is 11.2. The number of ether oxygens (including phenoxy) is 1. The van der Waals surface area contributed by atoms with E-state index >= 15 is 0 Å². The second-order valence-electron chi connectivity index (χ2n) is 5.10. The second kappa shape index (κ2) is 6.07. The van der Waals surface area contributed by atoms with Crippen molar-refractivity contribution in [3.63, 3.8) is 0 Å². The van der Waals surface area contributed by atoms with E-state index < -0.39 is 0 Å². The zero-order chi connectivity index (χ0) is 13.9. The topological polar surface area (TPSA) is 9.23 Å². The summed E-state index contributed by atoms with van der Waals surface area (Å²) in [5.74, 6) is 1.89. The minimum absolute atomic E-state index is 0.390. The lowest BCUT2D eigenvalue weighted by atomic mass is 9.92. The number of hydrogen-bond acceptors (Lipinski definition) is 1. The Bertz CT molecular complexity index is 622. The third kappa shape index (κ3) is 2.79. The summed E-state index contributed by atoms with van der Waals surface area (Å²) in [5.41, 5.74) is 3.76. The summed E-state index contributed by atoms with van der Waals surface area (Å²) >= 11 is 12.2. The van der Waals surface area contributed by atoms with Crippen LogP contribution in [-0.2, 0) is 18.7 Å². The monoisotopic (exact) mass is 306 g/mol. The van der Waals surface area contributed by atoms with Crippen LogP contribution in [0.15, 0.2) is 36.4 Å². The Morgan fingerprint density at radius 1 is 1.00 bits per heavy atom. The largest absolute Gasteiger partial charge is 0.455 e. The van der Waals surface area contributed by atoms with E-state index in [9.17, 15) is 0 Å². The Morgan fingerprint density at radius 2 is 1.80 bits per heavy atom. The average molecular weight is 307 g/mol. The van der Waals surface area contributed by atoms with E-state index in [4.69, 9.17) is 27.9 Å². The van der Waals surface area contributed by atoms with Gasteiger partial charge in [0.1, 0.15) is 11.5 Å². The molecule has 0 radical (unpaired) electrons. The third-order valence-electron chi connectivity index (χ3n) is 3.73. The molecule has 1 nitrogen and oxygen atoms in total.